The Kier molecular flexibility index (Phi) is 9.35. The molecule has 0 spiro atoms. The first kappa shape index (κ1) is 17.2. The number of ether oxygens (including phenoxy) is 1. The minimum absolute atomic E-state index is 0.724. The highest BCUT2D eigenvalue weighted by molar-refractivity contribution is 5.26. The van der Waals surface area contributed by atoms with E-state index in [0.29, 0.717) is 0 Å². The van der Waals surface area contributed by atoms with E-state index >= 15 is 0 Å². The Hall–Kier alpha value is -0.860. The van der Waals surface area contributed by atoms with Gasteiger partial charge in [0.1, 0.15) is 0 Å². The highest BCUT2D eigenvalue weighted by Crippen LogP contribution is 2.13. The van der Waals surface area contributed by atoms with Crippen LogP contribution in [0.15, 0.2) is 24.3 Å². The Morgan fingerprint density at radius 3 is 2.50 bits per heavy atom. The summed E-state index contributed by atoms with van der Waals surface area (Å²) >= 11 is 0. The molecule has 1 unspecified atom stereocenters. The van der Waals surface area contributed by atoms with Crippen molar-refractivity contribution in [2.75, 3.05) is 13.2 Å². The van der Waals surface area contributed by atoms with Crippen LogP contribution in [0.25, 0.3) is 0 Å². The zero-order valence-corrected chi connectivity index (χ0v) is 13.5. The Labute approximate surface area is 124 Å². The summed E-state index contributed by atoms with van der Waals surface area (Å²) < 4.78 is 5.53. The van der Waals surface area contributed by atoms with Crippen molar-refractivity contribution < 1.29 is 4.74 Å². The van der Waals surface area contributed by atoms with Crippen LogP contribution >= 0.6 is 0 Å². The Bertz CT molecular complexity index is 351. The third kappa shape index (κ3) is 6.53. The van der Waals surface area contributed by atoms with Crippen molar-refractivity contribution in [3.63, 3.8) is 0 Å². The summed E-state index contributed by atoms with van der Waals surface area (Å²) in [5, 5.41) is 3.62. The summed E-state index contributed by atoms with van der Waals surface area (Å²) in [6.07, 6.45) is 5.27. The molecule has 1 N–H and O–H groups in total. The molecule has 1 atom stereocenters. The molecule has 1 aromatic rings. The van der Waals surface area contributed by atoms with E-state index in [4.69, 9.17) is 4.74 Å². The second-order valence-corrected chi connectivity index (χ2v) is 5.45. The van der Waals surface area contributed by atoms with Crippen LogP contribution in [-0.2, 0) is 17.9 Å². The molecule has 20 heavy (non-hydrogen) atoms. The van der Waals surface area contributed by atoms with E-state index in [9.17, 15) is 0 Å². The van der Waals surface area contributed by atoms with Crippen molar-refractivity contribution in [3.8, 4) is 0 Å². The fourth-order valence-corrected chi connectivity index (χ4v) is 2.44. The summed E-state index contributed by atoms with van der Waals surface area (Å²) in [6, 6.07) is 8.57. The molecule has 2 nitrogen and oxygen atoms in total. The molecule has 0 saturated heterocycles. The number of benzene rings is 1. The first-order chi connectivity index (χ1) is 9.81. The van der Waals surface area contributed by atoms with Gasteiger partial charge in [-0.1, -0.05) is 57.4 Å². The Morgan fingerprint density at radius 1 is 1.10 bits per heavy atom. The maximum absolute atomic E-state index is 5.53. The molecule has 0 aromatic heterocycles. The maximum Gasteiger partial charge on any atom is 0.0719 e. The van der Waals surface area contributed by atoms with Gasteiger partial charge >= 0.3 is 0 Å². The molecular formula is C18H31NO. The van der Waals surface area contributed by atoms with E-state index in [1.165, 1.54) is 36.8 Å². The number of hydrogen-bond acceptors (Lipinski definition) is 2. The van der Waals surface area contributed by atoms with Crippen LogP contribution in [0.4, 0.5) is 0 Å². The Morgan fingerprint density at radius 2 is 1.85 bits per heavy atom. The number of nitrogens with one attached hydrogen (secondary N) is 1. The molecule has 0 heterocycles. The average Bonchev–Trinajstić information content (AvgIpc) is 2.49. The van der Waals surface area contributed by atoms with Crippen molar-refractivity contribution in [1.29, 1.82) is 0 Å². The molecular weight excluding hydrogens is 246 g/mol. The molecule has 0 radical (unpaired) electrons. The molecule has 0 aliphatic rings. The lowest BCUT2D eigenvalue weighted by Gasteiger charge is -2.16. The van der Waals surface area contributed by atoms with Crippen molar-refractivity contribution in [1.82, 2.24) is 5.32 Å². The molecule has 0 fully saturated rings. The third-order valence-electron chi connectivity index (χ3n) is 3.87. The van der Waals surface area contributed by atoms with Crippen LogP contribution in [-0.4, -0.2) is 13.2 Å². The zero-order valence-electron chi connectivity index (χ0n) is 13.5. The summed E-state index contributed by atoms with van der Waals surface area (Å²) in [6.45, 7) is 10.2. The Balaban J connectivity index is 2.40. The molecule has 0 saturated carbocycles. The number of rotatable bonds is 11. The summed E-state index contributed by atoms with van der Waals surface area (Å²) in [5.74, 6) is 0.814. The fourth-order valence-electron chi connectivity index (χ4n) is 2.44. The zero-order chi connectivity index (χ0) is 14.6. The van der Waals surface area contributed by atoms with Crippen molar-refractivity contribution in [3.05, 3.63) is 35.4 Å². The lowest BCUT2D eigenvalue weighted by molar-refractivity contribution is 0.133. The number of unbranched alkanes of at least 4 members (excludes halogenated alkanes) is 1. The van der Waals surface area contributed by atoms with Gasteiger partial charge in [0.25, 0.3) is 0 Å². The van der Waals surface area contributed by atoms with Crippen LogP contribution < -0.4 is 5.32 Å². The van der Waals surface area contributed by atoms with Gasteiger partial charge in [-0.2, -0.15) is 0 Å². The fraction of sp³-hybridized carbons (Fsp3) is 0.667. The summed E-state index contributed by atoms with van der Waals surface area (Å²) in [5.41, 5.74) is 2.68. The van der Waals surface area contributed by atoms with E-state index in [-0.39, 0.29) is 0 Å². The highest BCUT2D eigenvalue weighted by Gasteiger charge is 2.06. The molecule has 1 aromatic carbocycles. The van der Waals surface area contributed by atoms with Crippen LogP contribution in [0.5, 0.6) is 0 Å². The maximum atomic E-state index is 5.53. The van der Waals surface area contributed by atoms with E-state index in [2.05, 4.69) is 43.4 Å². The lowest BCUT2D eigenvalue weighted by Crippen LogP contribution is -2.22. The molecule has 0 aliphatic carbocycles. The predicted molar refractivity (Wildman–Crippen MR) is 86.8 cm³/mol. The van der Waals surface area contributed by atoms with Gasteiger partial charge in [-0.3, -0.25) is 0 Å². The lowest BCUT2D eigenvalue weighted by atomic mass is 9.99. The topological polar surface area (TPSA) is 21.3 Å². The highest BCUT2D eigenvalue weighted by atomic mass is 16.5. The number of hydrogen-bond donors (Lipinski definition) is 1. The molecule has 2 heteroatoms. The van der Waals surface area contributed by atoms with E-state index in [0.717, 1.165) is 32.2 Å². The molecule has 0 amide bonds. The second-order valence-electron chi connectivity index (χ2n) is 5.45. The van der Waals surface area contributed by atoms with Gasteiger partial charge in [0, 0.05) is 13.2 Å². The normalized spacial score (nSPS) is 12.6. The average molecular weight is 277 g/mol. The minimum Gasteiger partial charge on any atom is -0.377 e. The van der Waals surface area contributed by atoms with Gasteiger partial charge in [0.05, 0.1) is 6.61 Å². The van der Waals surface area contributed by atoms with Gasteiger partial charge in [-0.05, 0) is 36.9 Å². The summed E-state index contributed by atoms with van der Waals surface area (Å²) in [7, 11) is 0. The molecule has 0 aliphatic heterocycles. The molecule has 114 valence electrons. The van der Waals surface area contributed by atoms with Crippen LogP contribution in [0, 0.1) is 5.92 Å². The first-order valence-electron chi connectivity index (χ1n) is 8.16. The predicted octanol–water partition coefficient (Wildman–Crippen LogP) is 4.53. The largest absolute Gasteiger partial charge is 0.377 e. The molecule has 0 bridgehead atoms. The van der Waals surface area contributed by atoms with Crippen LogP contribution in [0.2, 0.25) is 0 Å². The van der Waals surface area contributed by atoms with Gasteiger partial charge < -0.3 is 10.1 Å². The first-order valence-corrected chi connectivity index (χ1v) is 8.16. The van der Waals surface area contributed by atoms with E-state index < -0.39 is 0 Å². The quantitative estimate of drug-likeness (QED) is 0.641. The van der Waals surface area contributed by atoms with Crippen LogP contribution in [0.1, 0.15) is 57.6 Å². The van der Waals surface area contributed by atoms with Gasteiger partial charge in [0.15, 0.2) is 0 Å². The van der Waals surface area contributed by atoms with Crippen molar-refractivity contribution in [2.45, 2.75) is 59.6 Å². The SMILES string of the molecule is CCCCC(CC)CNCc1ccccc1COCC. The van der Waals surface area contributed by atoms with E-state index in [1.807, 2.05) is 6.92 Å². The standard InChI is InChI=1S/C18H31NO/c1-4-7-10-16(5-2)13-19-14-17-11-8-9-12-18(17)15-20-6-3/h8-9,11-12,16,19H,4-7,10,13-15H2,1-3H3. The molecule has 1 rings (SSSR count). The van der Waals surface area contributed by atoms with Crippen LogP contribution in [0.3, 0.4) is 0 Å². The van der Waals surface area contributed by atoms with Gasteiger partial charge in [0.2, 0.25) is 0 Å². The summed E-state index contributed by atoms with van der Waals surface area (Å²) in [4.78, 5) is 0. The van der Waals surface area contributed by atoms with Crippen molar-refractivity contribution >= 4 is 0 Å². The minimum atomic E-state index is 0.724. The second kappa shape index (κ2) is 10.9. The monoisotopic (exact) mass is 277 g/mol. The van der Waals surface area contributed by atoms with Crippen molar-refractivity contribution in [2.24, 2.45) is 5.92 Å². The van der Waals surface area contributed by atoms with E-state index in [1.54, 1.807) is 0 Å². The third-order valence-corrected chi connectivity index (χ3v) is 3.87. The smallest absolute Gasteiger partial charge is 0.0719 e. The van der Waals surface area contributed by atoms with Gasteiger partial charge in [-0.15, -0.1) is 0 Å². The van der Waals surface area contributed by atoms with Gasteiger partial charge in [-0.25, -0.2) is 0 Å².